The van der Waals surface area contributed by atoms with E-state index in [9.17, 15) is 4.79 Å². The summed E-state index contributed by atoms with van der Waals surface area (Å²) < 4.78 is 5.45. The Labute approximate surface area is 183 Å². The maximum absolute atomic E-state index is 11.9. The van der Waals surface area contributed by atoms with Crippen molar-refractivity contribution in [3.8, 4) is 5.75 Å². The zero-order valence-electron chi connectivity index (χ0n) is 19.9. The fourth-order valence-electron chi connectivity index (χ4n) is 3.22. The summed E-state index contributed by atoms with van der Waals surface area (Å²) in [4.78, 5) is 11.9. The molecule has 3 nitrogen and oxygen atoms in total. The standard InChI is InChI=1S/C27H39NO2/c1-8-9-10-11-17-28-27(29)18-21(3)14-12-13-20(2)15-16-25-22(4)19-26(30-7)24(6)23(25)5/h12-16,18-19H,8-11,17H2,1-7H3,(H,28,29)/b14-12+,16-15+,20-13+,21-18+. The molecule has 0 aliphatic rings. The minimum atomic E-state index is -0.0185. The molecule has 0 heterocycles. The Morgan fingerprint density at radius 3 is 2.43 bits per heavy atom. The highest BCUT2D eigenvalue weighted by atomic mass is 16.5. The molecular weight excluding hydrogens is 370 g/mol. The molecule has 0 saturated heterocycles. The molecule has 164 valence electrons. The number of carbonyl (C=O) groups excluding carboxylic acids is 1. The number of amides is 1. The smallest absolute Gasteiger partial charge is 0.244 e. The van der Waals surface area contributed by atoms with E-state index in [1.54, 1.807) is 13.2 Å². The minimum Gasteiger partial charge on any atom is -0.496 e. The van der Waals surface area contributed by atoms with Crippen LogP contribution in [0.1, 0.15) is 68.7 Å². The van der Waals surface area contributed by atoms with Crippen LogP contribution in [0.5, 0.6) is 5.75 Å². The van der Waals surface area contributed by atoms with Crippen LogP contribution in [0.15, 0.2) is 47.6 Å². The fraction of sp³-hybridized carbons (Fsp3) is 0.444. The number of unbranched alkanes of at least 4 members (excludes halogenated alkanes) is 3. The van der Waals surface area contributed by atoms with Crippen LogP contribution in [-0.4, -0.2) is 19.6 Å². The molecule has 3 heteroatoms. The van der Waals surface area contributed by atoms with Gasteiger partial charge < -0.3 is 10.1 Å². The van der Waals surface area contributed by atoms with Crippen LogP contribution in [0.25, 0.3) is 6.08 Å². The van der Waals surface area contributed by atoms with Gasteiger partial charge in [0.1, 0.15) is 5.75 Å². The number of benzene rings is 1. The third kappa shape index (κ3) is 8.86. The summed E-state index contributed by atoms with van der Waals surface area (Å²) in [6, 6.07) is 2.09. The molecule has 0 saturated carbocycles. The topological polar surface area (TPSA) is 38.3 Å². The van der Waals surface area contributed by atoms with Gasteiger partial charge in [-0.05, 0) is 74.9 Å². The lowest BCUT2D eigenvalue weighted by Gasteiger charge is -2.13. The van der Waals surface area contributed by atoms with Crippen LogP contribution in [0, 0.1) is 20.8 Å². The summed E-state index contributed by atoms with van der Waals surface area (Å²) in [6.07, 6.45) is 16.6. The molecule has 1 rings (SSSR count). The van der Waals surface area contributed by atoms with Crippen molar-refractivity contribution in [2.45, 2.75) is 67.2 Å². The van der Waals surface area contributed by atoms with Crippen LogP contribution in [0.2, 0.25) is 0 Å². The number of hydrogen-bond acceptors (Lipinski definition) is 2. The molecule has 0 bridgehead atoms. The van der Waals surface area contributed by atoms with E-state index in [1.807, 2.05) is 19.1 Å². The lowest BCUT2D eigenvalue weighted by Crippen LogP contribution is -2.22. The maximum Gasteiger partial charge on any atom is 0.244 e. The summed E-state index contributed by atoms with van der Waals surface area (Å²) >= 11 is 0. The highest BCUT2D eigenvalue weighted by Crippen LogP contribution is 2.28. The number of rotatable bonds is 11. The summed E-state index contributed by atoms with van der Waals surface area (Å²) in [5.74, 6) is 0.916. The Morgan fingerprint density at radius 2 is 1.77 bits per heavy atom. The molecule has 0 spiro atoms. The van der Waals surface area contributed by atoms with E-state index in [1.165, 1.54) is 41.5 Å². The number of methoxy groups -OCH3 is 1. The predicted octanol–water partition coefficient (Wildman–Crippen LogP) is 6.78. The van der Waals surface area contributed by atoms with Gasteiger partial charge in [0.2, 0.25) is 5.91 Å². The number of ether oxygens (including phenoxy) is 1. The molecule has 1 aromatic carbocycles. The summed E-state index contributed by atoms with van der Waals surface area (Å²) in [7, 11) is 1.71. The van der Waals surface area contributed by atoms with Gasteiger partial charge in [0.05, 0.1) is 7.11 Å². The Hall–Kier alpha value is -2.55. The zero-order valence-corrected chi connectivity index (χ0v) is 19.9. The van der Waals surface area contributed by atoms with Crippen LogP contribution >= 0.6 is 0 Å². The third-order valence-electron chi connectivity index (χ3n) is 5.25. The minimum absolute atomic E-state index is 0.0185. The summed E-state index contributed by atoms with van der Waals surface area (Å²) in [5.41, 5.74) is 6.93. The Balaban J connectivity index is 2.67. The van der Waals surface area contributed by atoms with Crippen LogP contribution in [-0.2, 0) is 4.79 Å². The van der Waals surface area contributed by atoms with Gasteiger partial charge in [-0.3, -0.25) is 4.79 Å². The predicted molar refractivity (Wildman–Crippen MR) is 130 cm³/mol. The van der Waals surface area contributed by atoms with E-state index in [2.05, 4.69) is 64.2 Å². The van der Waals surface area contributed by atoms with E-state index in [0.29, 0.717) is 0 Å². The molecule has 1 amide bonds. The first kappa shape index (κ1) is 25.5. The lowest BCUT2D eigenvalue weighted by molar-refractivity contribution is -0.116. The maximum atomic E-state index is 11.9. The van der Waals surface area contributed by atoms with Crippen molar-refractivity contribution in [1.82, 2.24) is 5.32 Å². The first-order chi connectivity index (χ1) is 14.3. The SMILES string of the molecule is CCCCCCNC(=O)/C=C(C)/C=C/C=C(C)/C=C/c1c(C)cc(OC)c(C)c1C. The van der Waals surface area contributed by atoms with Gasteiger partial charge in [0.15, 0.2) is 0 Å². The van der Waals surface area contributed by atoms with E-state index in [4.69, 9.17) is 4.74 Å². The summed E-state index contributed by atoms with van der Waals surface area (Å²) in [6.45, 7) is 13.3. The number of aryl methyl sites for hydroxylation is 1. The highest BCUT2D eigenvalue weighted by molar-refractivity contribution is 5.88. The molecule has 0 aliphatic heterocycles. The number of allylic oxidation sites excluding steroid dienone is 6. The van der Waals surface area contributed by atoms with Crippen LogP contribution < -0.4 is 10.1 Å². The molecule has 0 aromatic heterocycles. The highest BCUT2D eigenvalue weighted by Gasteiger charge is 2.08. The molecule has 0 atom stereocenters. The fourth-order valence-corrected chi connectivity index (χ4v) is 3.22. The van der Waals surface area contributed by atoms with Gasteiger partial charge in [-0.25, -0.2) is 0 Å². The third-order valence-corrected chi connectivity index (χ3v) is 5.25. The number of nitrogens with one attached hydrogen (secondary N) is 1. The molecule has 30 heavy (non-hydrogen) atoms. The molecule has 1 aromatic rings. The first-order valence-corrected chi connectivity index (χ1v) is 10.9. The van der Waals surface area contributed by atoms with Crippen molar-refractivity contribution in [2.75, 3.05) is 13.7 Å². The van der Waals surface area contributed by atoms with Gasteiger partial charge >= 0.3 is 0 Å². The molecule has 0 unspecified atom stereocenters. The largest absolute Gasteiger partial charge is 0.496 e. The van der Waals surface area contributed by atoms with Gasteiger partial charge in [0, 0.05) is 12.6 Å². The Morgan fingerprint density at radius 1 is 1.03 bits per heavy atom. The van der Waals surface area contributed by atoms with Gasteiger partial charge in [-0.15, -0.1) is 0 Å². The molecule has 0 radical (unpaired) electrons. The van der Waals surface area contributed by atoms with E-state index in [-0.39, 0.29) is 5.91 Å². The van der Waals surface area contributed by atoms with E-state index < -0.39 is 0 Å². The molecule has 1 N–H and O–H groups in total. The van der Waals surface area contributed by atoms with Crippen molar-refractivity contribution in [1.29, 1.82) is 0 Å². The quantitative estimate of drug-likeness (QED) is 0.248. The summed E-state index contributed by atoms with van der Waals surface area (Å²) in [5, 5.41) is 2.95. The second kappa shape index (κ2) is 13.6. The number of carbonyl (C=O) groups is 1. The monoisotopic (exact) mass is 409 g/mol. The Bertz CT molecular complexity index is 826. The van der Waals surface area contributed by atoms with Crippen molar-refractivity contribution >= 4 is 12.0 Å². The average Bonchev–Trinajstić information content (AvgIpc) is 2.70. The van der Waals surface area contributed by atoms with Crippen LogP contribution in [0.4, 0.5) is 0 Å². The second-order valence-corrected chi connectivity index (χ2v) is 7.90. The van der Waals surface area contributed by atoms with Crippen molar-refractivity contribution < 1.29 is 9.53 Å². The average molecular weight is 410 g/mol. The van der Waals surface area contributed by atoms with Gasteiger partial charge in [-0.2, -0.15) is 0 Å². The zero-order chi connectivity index (χ0) is 22.5. The van der Waals surface area contributed by atoms with Crippen molar-refractivity contribution in [3.63, 3.8) is 0 Å². The normalized spacial score (nSPS) is 12.8. The molecular formula is C27H39NO2. The van der Waals surface area contributed by atoms with Gasteiger partial charge in [-0.1, -0.05) is 62.1 Å². The lowest BCUT2D eigenvalue weighted by atomic mass is 9.96. The van der Waals surface area contributed by atoms with E-state index >= 15 is 0 Å². The van der Waals surface area contributed by atoms with Gasteiger partial charge in [0.25, 0.3) is 0 Å². The van der Waals surface area contributed by atoms with Crippen molar-refractivity contribution in [3.05, 3.63) is 69.8 Å². The Kier molecular flexibility index (Phi) is 11.6. The van der Waals surface area contributed by atoms with E-state index in [0.717, 1.165) is 29.9 Å². The van der Waals surface area contributed by atoms with Crippen molar-refractivity contribution in [2.24, 2.45) is 0 Å². The molecule has 0 fully saturated rings. The second-order valence-electron chi connectivity index (χ2n) is 7.90. The number of hydrogen-bond donors (Lipinski definition) is 1. The van der Waals surface area contributed by atoms with Crippen LogP contribution in [0.3, 0.4) is 0 Å². The first-order valence-electron chi connectivity index (χ1n) is 10.9. The molecule has 0 aliphatic carbocycles.